The molecule has 2 atom stereocenters. The molecule has 33 heavy (non-hydrogen) atoms. The van der Waals surface area contributed by atoms with Crippen LogP contribution in [0.25, 0.3) is 16.7 Å². The van der Waals surface area contributed by atoms with Crippen LogP contribution in [-0.4, -0.2) is 50.9 Å². The van der Waals surface area contributed by atoms with E-state index in [1.165, 1.54) is 6.42 Å². The van der Waals surface area contributed by atoms with Gasteiger partial charge >= 0.3 is 5.97 Å². The molecule has 8 nitrogen and oxygen atoms in total. The molecular formula is C25H27N5O3. The van der Waals surface area contributed by atoms with Gasteiger partial charge < -0.3 is 15.3 Å². The molecule has 3 aliphatic rings. The fourth-order valence-electron chi connectivity index (χ4n) is 5.53. The molecule has 0 bridgehead atoms. The highest BCUT2D eigenvalue weighted by Gasteiger charge is 2.38. The number of anilines is 1. The molecule has 1 aliphatic carbocycles. The summed E-state index contributed by atoms with van der Waals surface area (Å²) in [5.74, 6) is -0.209. The maximum atomic E-state index is 12.1. The second-order valence-corrected chi connectivity index (χ2v) is 9.52. The lowest BCUT2D eigenvalue weighted by Gasteiger charge is -2.26. The minimum absolute atomic E-state index is 0.0193. The summed E-state index contributed by atoms with van der Waals surface area (Å²) in [6, 6.07) is 11.6. The van der Waals surface area contributed by atoms with Crippen LogP contribution in [0.4, 0.5) is 5.69 Å². The summed E-state index contributed by atoms with van der Waals surface area (Å²) in [5.41, 5.74) is 3.37. The molecular weight excluding hydrogens is 418 g/mol. The molecule has 2 N–H and O–H groups in total. The van der Waals surface area contributed by atoms with Crippen molar-refractivity contribution in [2.75, 3.05) is 18.0 Å². The monoisotopic (exact) mass is 445 g/mol. The number of nitrogens with one attached hydrogen (secondary N) is 1. The van der Waals surface area contributed by atoms with Gasteiger partial charge in [0.1, 0.15) is 0 Å². The highest BCUT2D eigenvalue weighted by atomic mass is 16.4. The van der Waals surface area contributed by atoms with Crippen molar-refractivity contribution < 1.29 is 14.7 Å². The summed E-state index contributed by atoms with van der Waals surface area (Å²) in [7, 11) is 0. The van der Waals surface area contributed by atoms with E-state index in [4.69, 9.17) is 5.10 Å². The van der Waals surface area contributed by atoms with E-state index in [2.05, 4.69) is 15.2 Å². The first-order chi connectivity index (χ1) is 16.1. The third-order valence-electron chi connectivity index (χ3n) is 7.46. The summed E-state index contributed by atoms with van der Waals surface area (Å²) in [6.45, 7) is 1.47. The number of hydrogen-bond acceptors (Lipinski definition) is 5. The zero-order chi connectivity index (χ0) is 22.5. The summed E-state index contributed by atoms with van der Waals surface area (Å²) in [6.07, 6.45) is 5.83. The van der Waals surface area contributed by atoms with E-state index in [9.17, 15) is 14.7 Å². The van der Waals surface area contributed by atoms with E-state index in [1.807, 2.05) is 30.3 Å². The third-order valence-corrected chi connectivity index (χ3v) is 7.46. The lowest BCUT2D eigenvalue weighted by molar-refractivity contribution is -0.121. The Hall–Kier alpha value is -3.42. The minimum atomic E-state index is -1.05. The average molecular weight is 446 g/mol. The Morgan fingerprint density at radius 3 is 2.64 bits per heavy atom. The van der Waals surface area contributed by atoms with Gasteiger partial charge in [0.15, 0.2) is 11.3 Å². The van der Waals surface area contributed by atoms with Crippen molar-refractivity contribution in [3.8, 4) is 5.69 Å². The van der Waals surface area contributed by atoms with Crippen LogP contribution in [-0.2, 0) is 4.79 Å². The Labute approximate surface area is 191 Å². The third kappa shape index (κ3) is 3.44. The Kier molecular flexibility index (Phi) is 4.81. The normalized spacial score (nSPS) is 23.2. The Morgan fingerprint density at radius 1 is 1.09 bits per heavy atom. The number of hydrogen-bond donors (Lipinski definition) is 2. The van der Waals surface area contributed by atoms with Crippen molar-refractivity contribution in [2.45, 2.75) is 50.5 Å². The van der Waals surface area contributed by atoms with Gasteiger partial charge in [0, 0.05) is 25.4 Å². The van der Waals surface area contributed by atoms with E-state index in [-0.39, 0.29) is 17.6 Å². The molecule has 6 rings (SSSR count). The molecule has 2 aliphatic heterocycles. The topological polar surface area (TPSA) is 100 Å². The van der Waals surface area contributed by atoms with Gasteiger partial charge in [-0.05, 0) is 49.8 Å². The zero-order valence-corrected chi connectivity index (χ0v) is 18.4. The van der Waals surface area contributed by atoms with Gasteiger partial charge in [-0.3, -0.25) is 4.79 Å². The number of benzene rings is 1. The summed E-state index contributed by atoms with van der Waals surface area (Å²) in [4.78, 5) is 31.0. The molecule has 0 radical (unpaired) electrons. The number of carboxylic acids is 1. The molecule has 3 aromatic rings. The maximum Gasteiger partial charge on any atom is 0.354 e. The second kappa shape index (κ2) is 7.86. The number of pyridine rings is 1. The van der Waals surface area contributed by atoms with Crippen LogP contribution in [0.3, 0.4) is 0 Å². The van der Waals surface area contributed by atoms with Crippen molar-refractivity contribution >= 4 is 28.6 Å². The van der Waals surface area contributed by atoms with E-state index in [1.54, 1.807) is 10.7 Å². The van der Waals surface area contributed by atoms with Gasteiger partial charge in [0.25, 0.3) is 0 Å². The molecule has 2 aromatic heterocycles. The number of carbonyl (C=O) groups excluding carboxylic acids is 1. The van der Waals surface area contributed by atoms with E-state index in [0.29, 0.717) is 30.4 Å². The van der Waals surface area contributed by atoms with Gasteiger partial charge in [0.2, 0.25) is 5.91 Å². The second-order valence-electron chi connectivity index (χ2n) is 9.52. The lowest BCUT2D eigenvalue weighted by atomic mass is 9.82. The van der Waals surface area contributed by atoms with Crippen molar-refractivity contribution in [3.05, 3.63) is 47.8 Å². The van der Waals surface area contributed by atoms with Gasteiger partial charge in [-0.15, -0.1) is 0 Å². The van der Waals surface area contributed by atoms with Crippen molar-refractivity contribution in [2.24, 2.45) is 5.92 Å². The average Bonchev–Trinajstić information content (AvgIpc) is 3.29. The Balaban J connectivity index is 1.53. The summed E-state index contributed by atoms with van der Waals surface area (Å²) < 4.78 is 1.80. The van der Waals surface area contributed by atoms with Gasteiger partial charge in [-0.25, -0.2) is 14.5 Å². The number of para-hydroxylation sites is 1. The largest absolute Gasteiger partial charge is 0.477 e. The number of amides is 1. The summed E-state index contributed by atoms with van der Waals surface area (Å²) >= 11 is 0. The predicted molar refractivity (Wildman–Crippen MR) is 124 cm³/mol. The standard InChI is InChI=1S/C25H27N5O3/c31-21-11-5-8-16-13-29(14-19(16)26-21)20-12-18(25(32)33)27-24-22(20)23(15-6-4-7-15)28-30(24)17-9-2-1-3-10-17/h1-3,9-10,12,15-16,19H,4-8,11,13-14H2,(H,26,31)(H,32,33)/t16-,19+/m0/s1. The molecule has 8 heteroatoms. The van der Waals surface area contributed by atoms with E-state index < -0.39 is 5.97 Å². The molecule has 1 aromatic carbocycles. The molecule has 3 fully saturated rings. The number of rotatable bonds is 4. The summed E-state index contributed by atoms with van der Waals surface area (Å²) in [5, 5.41) is 19.0. The number of carbonyl (C=O) groups is 2. The van der Waals surface area contributed by atoms with Gasteiger partial charge in [-0.1, -0.05) is 24.6 Å². The highest BCUT2D eigenvalue weighted by Crippen LogP contribution is 2.43. The van der Waals surface area contributed by atoms with Gasteiger partial charge in [0.05, 0.1) is 28.5 Å². The zero-order valence-electron chi connectivity index (χ0n) is 18.4. The fraction of sp³-hybridized carbons (Fsp3) is 0.440. The number of nitrogens with zero attached hydrogens (tertiary/aromatic N) is 4. The molecule has 0 spiro atoms. The first kappa shape index (κ1) is 20.2. The first-order valence-corrected chi connectivity index (χ1v) is 11.8. The predicted octanol–water partition coefficient (Wildman–Crippen LogP) is 3.49. The van der Waals surface area contributed by atoms with Crippen molar-refractivity contribution in [1.29, 1.82) is 0 Å². The molecule has 1 amide bonds. The SMILES string of the molecule is O=C1CCC[C@H]2CN(c3cc(C(=O)O)nc4c3c(C3CCC3)nn4-c3ccccc3)C[C@H]2N1. The maximum absolute atomic E-state index is 12.1. The van der Waals surface area contributed by atoms with Crippen LogP contribution in [0.2, 0.25) is 0 Å². The van der Waals surface area contributed by atoms with Crippen LogP contribution < -0.4 is 10.2 Å². The first-order valence-electron chi connectivity index (χ1n) is 11.8. The van der Waals surface area contributed by atoms with Crippen molar-refractivity contribution in [1.82, 2.24) is 20.1 Å². The number of aromatic nitrogens is 3. The van der Waals surface area contributed by atoms with E-state index >= 15 is 0 Å². The van der Waals surface area contributed by atoms with Crippen LogP contribution in [0, 0.1) is 5.92 Å². The number of fused-ring (bicyclic) bond motifs is 2. The Morgan fingerprint density at radius 2 is 1.91 bits per heavy atom. The highest BCUT2D eigenvalue weighted by molar-refractivity contribution is 5.98. The van der Waals surface area contributed by atoms with Crippen LogP contribution >= 0.6 is 0 Å². The van der Waals surface area contributed by atoms with Crippen LogP contribution in [0.15, 0.2) is 36.4 Å². The number of aromatic carboxylic acids is 1. The molecule has 170 valence electrons. The Bertz CT molecular complexity index is 1230. The van der Waals surface area contributed by atoms with Crippen molar-refractivity contribution in [3.63, 3.8) is 0 Å². The van der Waals surface area contributed by atoms with E-state index in [0.717, 1.165) is 54.7 Å². The number of carboxylic acid groups (broad SMARTS) is 1. The fourth-order valence-corrected chi connectivity index (χ4v) is 5.53. The molecule has 2 saturated heterocycles. The van der Waals surface area contributed by atoms with Crippen LogP contribution in [0.5, 0.6) is 0 Å². The van der Waals surface area contributed by atoms with Crippen LogP contribution in [0.1, 0.15) is 60.6 Å². The quantitative estimate of drug-likeness (QED) is 0.638. The molecule has 1 saturated carbocycles. The molecule has 4 heterocycles. The van der Waals surface area contributed by atoms with Gasteiger partial charge in [-0.2, -0.15) is 5.10 Å². The molecule has 0 unspecified atom stereocenters. The lowest BCUT2D eigenvalue weighted by Crippen LogP contribution is -2.38. The smallest absolute Gasteiger partial charge is 0.354 e. The minimum Gasteiger partial charge on any atom is -0.477 e.